The van der Waals surface area contributed by atoms with Crippen LogP contribution in [0, 0.1) is 0 Å². The second-order valence-corrected chi connectivity index (χ2v) is 4.02. The quantitative estimate of drug-likeness (QED) is 0.813. The summed E-state index contributed by atoms with van der Waals surface area (Å²) in [4.78, 5) is 15.0. The first-order valence-corrected chi connectivity index (χ1v) is 5.25. The van der Waals surface area contributed by atoms with Crippen molar-refractivity contribution in [2.45, 2.75) is 6.54 Å². The van der Waals surface area contributed by atoms with E-state index in [1.165, 1.54) is 0 Å². The maximum Gasteiger partial charge on any atom is 0.241 e. The molecule has 2 N–H and O–H groups in total. The molecule has 0 fully saturated rings. The van der Waals surface area contributed by atoms with Gasteiger partial charge < -0.3 is 15.5 Å². The predicted molar refractivity (Wildman–Crippen MR) is 66.3 cm³/mol. The summed E-state index contributed by atoms with van der Waals surface area (Å²) in [5.41, 5.74) is 7.66. The van der Waals surface area contributed by atoms with Crippen LogP contribution in [0.25, 0.3) is 0 Å². The summed E-state index contributed by atoms with van der Waals surface area (Å²) < 4.78 is 0. The molecular formula is C12H19N3O. The molecule has 0 saturated carbocycles. The van der Waals surface area contributed by atoms with E-state index < -0.39 is 0 Å². The molecule has 0 aliphatic heterocycles. The summed E-state index contributed by atoms with van der Waals surface area (Å²) in [5.74, 6) is 0.0839. The van der Waals surface area contributed by atoms with Gasteiger partial charge in [0.25, 0.3) is 0 Å². The van der Waals surface area contributed by atoms with Crippen LogP contribution in [0.3, 0.4) is 0 Å². The smallest absolute Gasteiger partial charge is 0.241 e. The summed E-state index contributed by atoms with van der Waals surface area (Å²) >= 11 is 0. The molecule has 0 unspecified atom stereocenters. The molecule has 0 aliphatic carbocycles. The first kappa shape index (κ1) is 12.5. The number of likely N-dealkylation sites (N-methyl/N-ethyl adjacent to an activating group) is 2. The highest BCUT2D eigenvalue weighted by Gasteiger charge is 2.09. The van der Waals surface area contributed by atoms with Gasteiger partial charge in [-0.25, -0.2) is 0 Å². The van der Waals surface area contributed by atoms with E-state index in [9.17, 15) is 4.79 Å². The highest BCUT2D eigenvalue weighted by atomic mass is 16.2. The lowest BCUT2D eigenvalue weighted by atomic mass is 10.2. The van der Waals surface area contributed by atoms with Crippen molar-refractivity contribution in [1.29, 1.82) is 0 Å². The molecule has 4 heteroatoms. The van der Waals surface area contributed by atoms with Gasteiger partial charge in [-0.15, -0.1) is 0 Å². The molecule has 1 amide bonds. The summed E-state index contributed by atoms with van der Waals surface area (Å²) in [6.07, 6.45) is 0. The molecule has 16 heavy (non-hydrogen) atoms. The number of amides is 1. The Morgan fingerprint density at radius 2 is 2.00 bits per heavy atom. The van der Waals surface area contributed by atoms with Crippen LogP contribution >= 0.6 is 0 Å². The Balaban J connectivity index is 2.72. The highest BCUT2D eigenvalue weighted by molar-refractivity contribution is 5.80. The lowest BCUT2D eigenvalue weighted by molar-refractivity contribution is -0.127. The zero-order valence-electron chi connectivity index (χ0n) is 10.1. The van der Waals surface area contributed by atoms with E-state index >= 15 is 0 Å². The van der Waals surface area contributed by atoms with Crippen LogP contribution < -0.4 is 10.6 Å². The summed E-state index contributed by atoms with van der Waals surface area (Å²) in [7, 11) is 5.41. The van der Waals surface area contributed by atoms with Crippen LogP contribution in [0.15, 0.2) is 24.3 Å². The number of anilines is 1. The number of nitrogens with zero attached hydrogens (tertiary/aromatic N) is 2. The third kappa shape index (κ3) is 3.24. The molecule has 0 heterocycles. The Hall–Kier alpha value is -1.55. The van der Waals surface area contributed by atoms with Gasteiger partial charge in [0.15, 0.2) is 0 Å². The molecule has 0 radical (unpaired) electrons. The first-order chi connectivity index (χ1) is 7.54. The van der Waals surface area contributed by atoms with Crippen molar-refractivity contribution >= 4 is 11.6 Å². The number of benzene rings is 1. The Morgan fingerprint density at radius 1 is 1.31 bits per heavy atom. The van der Waals surface area contributed by atoms with Crippen molar-refractivity contribution in [1.82, 2.24) is 4.90 Å². The van der Waals surface area contributed by atoms with Crippen LogP contribution in [0.1, 0.15) is 5.56 Å². The van der Waals surface area contributed by atoms with Crippen LogP contribution in [-0.4, -0.2) is 38.5 Å². The average Bonchev–Trinajstić information content (AvgIpc) is 2.28. The SMILES string of the molecule is CN(C)C(=O)CN(C)c1cccc(CN)c1. The van der Waals surface area contributed by atoms with Gasteiger partial charge in [0.05, 0.1) is 6.54 Å². The Kier molecular flexibility index (Phi) is 4.31. The minimum absolute atomic E-state index is 0.0839. The molecule has 0 saturated heterocycles. The minimum atomic E-state index is 0.0839. The van der Waals surface area contributed by atoms with Crippen LogP contribution in [0.2, 0.25) is 0 Å². The number of hydrogen-bond donors (Lipinski definition) is 1. The first-order valence-electron chi connectivity index (χ1n) is 5.25. The summed E-state index contributed by atoms with van der Waals surface area (Å²) in [6.45, 7) is 0.893. The number of nitrogens with two attached hydrogens (primary N) is 1. The van der Waals surface area contributed by atoms with E-state index in [-0.39, 0.29) is 5.91 Å². The van der Waals surface area contributed by atoms with Gasteiger partial charge in [0.2, 0.25) is 5.91 Å². The van der Waals surface area contributed by atoms with Crippen molar-refractivity contribution in [3.8, 4) is 0 Å². The van der Waals surface area contributed by atoms with Crippen molar-refractivity contribution in [2.24, 2.45) is 5.73 Å². The molecule has 1 rings (SSSR count). The van der Waals surface area contributed by atoms with Gasteiger partial charge >= 0.3 is 0 Å². The number of rotatable bonds is 4. The van der Waals surface area contributed by atoms with E-state index in [1.54, 1.807) is 19.0 Å². The van der Waals surface area contributed by atoms with Crippen LogP contribution in [-0.2, 0) is 11.3 Å². The molecule has 0 atom stereocenters. The van der Waals surface area contributed by atoms with Crippen molar-refractivity contribution in [3.05, 3.63) is 29.8 Å². The third-order valence-corrected chi connectivity index (χ3v) is 2.46. The van der Waals surface area contributed by atoms with Gasteiger partial charge in [0.1, 0.15) is 0 Å². The molecule has 0 bridgehead atoms. The molecule has 88 valence electrons. The second-order valence-electron chi connectivity index (χ2n) is 4.02. The fraction of sp³-hybridized carbons (Fsp3) is 0.417. The molecule has 4 nitrogen and oxygen atoms in total. The third-order valence-electron chi connectivity index (χ3n) is 2.46. The largest absolute Gasteiger partial charge is 0.365 e. The zero-order chi connectivity index (χ0) is 12.1. The highest BCUT2D eigenvalue weighted by Crippen LogP contribution is 2.14. The van der Waals surface area contributed by atoms with Gasteiger partial charge in [-0.3, -0.25) is 4.79 Å². The number of hydrogen-bond acceptors (Lipinski definition) is 3. The van der Waals surface area contributed by atoms with E-state index in [4.69, 9.17) is 5.73 Å². The minimum Gasteiger partial charge on any atom is -0.365 e. The standard InChI is InChI=1S/C12H19N3O/c1-14(2)12(16)9-15(3)11-6-4-5-10(7-11)8-13/h4-7H,8-9,13H2,1-3H3. The Labute approximate surface area is 96.6 Å². The topological polar surface area (TPSA) is 49.6 Å². The van der Waals surface area contributed by atoms with Crippen molar-refractivity contribution < 1.29 is 4.79 Å². The van der Waals surface area contributed by atoms with Gasteiger partial charge in [-0.2, -0.15) is 0 Å². The zero-order valence-corrected chi connectivity index (χ0v) is 10.1. The molecular weight excluding hydrogens is 202 g/mol. The summed E-state index contributed by atoms with van der Waals surface area (Å²) in [6, 6.07) is 7.91. The van der Waals surface area contributed by atoms with Crippen molar-refractivity contribution in [3.63, 3.8) is 0 Å². The van der Waals surface area contributed by atoms with Gasteiger partial charge in [-0.1, -0.05) is 12.1 Å². The lowest BCUT2D eigenvalue weighted by Crippen LogP contribution is -2.34. The van der Waals surface area contributed by atoms with Crippen molar-refractivity contribution in [2.75, 3.05) is 32.6 Å². The predicted octanol–water partition coefficient (Wildman–Crippen LogP) is 0.670. The fourth-order valence-electron chi connectivity index (χ4n) is 1.36. The van der Waals surface area contributed by atoms with E-state index in [0.29, 0.717) is 13.1 Å². The Bertz CT molecular complexity index is 363. The van der Waals surface area contributed by atoms with E-state index in [1.807, 2.05) is 36.2 Å². The van der Waals surface area contributed by atoms with E-state index in [2.05, 4.69) is 0 Å². The molecule has 0 aromatic heterocycles. The Morgan fingerprint density at radius 3 is 2.56 bits per heavy atom. The van der Waals surface area contributed by atoms with Crippen LogP contribution in [0.5, 0.6) is 0 Å². The molecule has 1 aromatic rings. The second kappa shape index (κ2) is 5.51. The van der Waals surface area contributed by atoms with E-state index in [0.717, 1.165) is 11.3 Å². The molecule has 0 aliphatic rings. The van der Waals surface area contributed by atoms with Crippen LogP contribution in [0.4, 0.5) is 5.69 Å². The maximum absolute atomic E-state index is 11.5. The molecule has 0 spiro atoms. The summed E-state index contributed by atoms with van der Waals surface area (Å²) in [5, 5.41) is 0. The average molecular weight is 221 g/mol. The number of carbonyl (C=O) groups is 1. The van der Waals surface area contributed by atoms with Gasteiger partial charge in [0, 0.05) is 33.4 Å². The van der Waals surface area contributed by atoms with Gasteiger partial charge in [-0.05, 0) is 17.7 Å². The lowest BCUT2D eigenvalue weighted by Gasteiger charge is -2.21. The normalized spacial score (nSPS) is 10.0. The number of carbonyl (C=O) groups excluding carboxylic acids is 1. The monoisotopic (exact) mass is 221 g/mol. The maximum atomic E-state index is 11.5. The fourth-order valence-corrected chi connectivity index (χ4v) is 1.36. The molecule has 1 aromatic carbocycles.